The van der Waals surface area contributed by atoms with Crippen molar-refractivity contribution in [1.29, 1.82) is 5.26 Å². The molecule has 0 unspecified atom stereocenters. The minimum absolute atomic E-state index is 0.0334. The van der Waals surface area contributed by atoms with Gasteiger partial charge in [-0.05, 0) is 62.7 Å². The third kappa shape index (κ3) is 4.84. The molecule has 2 saturated heterocycles. The first-order valence-electron chi connectivity index (χ1n) is 11.1. The van der Waals surface area contributed by atoms with Crippen LogP contribution in [-0.2, 0) is 16.4 Å². The van der Waals surface area contributed by atoms with Crippen LogP contribution in [-0.4, -0.2) is 55.1 Å². The molecule has 2 aliphatic rings. The number of nitrogens with one attached hydrogen (secondary N) is 1. The van der Waals surface area contributed by atoms with Gasteiger partial charge < -0.3 is 15.1 Å². The summed E-state index contributed by atoms with van der Waals surface area (Å²) in [5, 5.41) is 13.0. The summed E-state index contributed by atoms with van der Waals surface area (Å²) >= 11 is 5.97. The second-order valence-electron chi connectivity index (χ2n) is 9.00. The number of amides is 1. The van der Waals surface area contributed by atoms with E-state index in [9.17, 15) is 23.2 Å². The average molecular weight is 492 g/mol. The maximum absolute atomic E-state index is 13.6. The minimum Gasteiger partial charge on any atom is -0.370 e. The Kier molecular flexibility index (Phi) is 6.74. The van der Waals surface area contributed by atoms with Gasteiger partial charge in [-0.15, -0.1) is 0 Å². The number of likely N-dealkylation sites (N-methyl/N-ethyl adjacent to an activating group) is 1. The quantitative estimate of drug-likeness (QED) is 0.655. The van der Waals surface area contributed by atoms with Gasteiger partial charge in [-0.25, -0.2) is 4.98 Å². The topological polar surface area (TPSA) is 72.3 Å². The molecule has 2 aromatic rings. The Morgan fingerprint density at radius 3 is 2.53 bits per heavy atom. The molecule has 2 aliphatic heterocycles. The number of pyridine rings is 1. The Balaban J connectivity index is 1.59. The van der Waals surface area contributed by atoms with Crippen molar-refractivity contribution < 1.29 is 18.0 Å². The molecule has 1 aromatic carbocycles. The molecule has 0 radical (unpaired) electrons. The van der Waals surface area contributed by atoms with E-state index in [0.29, 0.717) is 36.8 Å². The van der Waals surface area contributed by atoms with Gasteiger partial charge in [0.1, 0.15) is 11.2 Å². The first kappa shape index (κ1) is 24.3. The van der Waals surface area contributed by atoms with Gasteiger partial charge >= 0.3 is 6.18 Å². The smallest absolute Gasteiger partial charge is 0.370 e. The normalized spacial score (nSPS) is 20.7. The van der Waals surface area contributed by atoms with E-state index in [2.05, 4.69) is 15.2 Å². The Bertz CT molecular complexity index is 1090. The van der Waals surface area contributed by atoms with E-state index in [1.54, 1.807) is 12.3 Å². The fourth-order valence-corrected chi connectivity index (χ4v) is 5.00. The molecule has 1 amide bonds. The highest BCUT2D eigenvalue weighted by molar-refractivity contribution is 6.29. The summed E-state index contributed by atoms with van der Waals surface area (Å²) < 4.78 is 39.3. The Hall–Kier alpha value is -2.83. The van der Waals surface area contributed by atoms with Crippen LogP contribution in [0.4, 0.5) is 18.9 Å². The molecule has 0 aliphatic carbocycles. The molecular weight excluding hydrogens is 467 g/mol. The number of rotatable bonds is 4. The molecule has 4 rings (SSSR count). The van der Waals surface area contributed by atoms with Crippen LogP contribution < -0.4 is 10.2 Å². The van der Waals surface area contributed by atoms with Gasteiger partial charge in [0, 0.05) is 31.9 Å². The van der Waals surface area contributed by atoms with Crippen LogP contribution in [0.1, 0.15) is 36.0 Å². The number of halogens is 4. The van der Waals surface area contributed by atoms with E-state index >= 15 is 0 Å². The maximum atomic E-state index is 13.6. The number of piperidine rings is 1. The number of aromatic nitrogens is 1. The van der Waals surface area contributed by atoms with E-state index in [-0.39, 0.29) is 17.5 Å². The van der Waals surface area contributed by atoms with Gasteiger partial charge in [-0.1, -0.05) is 17.7 Å². The maximum Gasteiger partial charge on any atom is 0.416 e. The molecule has 1 aromatic heterocycles. The Morgan fingerprint density at radius 1 is 1.24 bits per heavy atom. The summed E-state index contributed by atoms with van der Waals surface area (Å²) in [6.45, 7) is 2.50. The Labute approximate surface area is 201 Å². The van der Waals surface area contributed by atoms with Crippen molar-refractivity contribution in [3.05, 3.63) is 58.4 Å². The van der Waals surface area contributed by atoms with Gasteiger partial charge in [0.25, 0.3) is 0 Å². The highest BCUT2D eigenvalue weighted by Crippen LogP contribution is 2.39. The van der Waals surface area contributed by atoms with E-state index in [4.69, 9.17) is 11.6 Å². The first-order valence-corrected chi connectivity index (χ1v) is 11.5. The predicted octanol–water partition coefficient (Wildman–Crippen LogP) is 3.98. The van der Waals surface area contributed by atoms with Gasteiger partial charge in [0.15, 0.2) is 0 Å². The van der Waals surface area contributed by atoms with Crippen molar-refractivity contribution >= 4 is 23.2 Å². The monoisotopic (exact) mass is 491 g/mol. The molecule has 3 heterocycles. The summed E-state index contributed by atoms with van der Waals surface area (Å²) in [5.74, 6) is -0.0792. The van der Waals surface area contributed by atoms with Gasteiger partial charge in [-0.2, -0.15) is 18.4 Å². The lowest BCUT2D eigenvalue weighted by Crippen LogP contribution is -2.54. The first-order chi connectivity index (χ1) is 16.1. The van der Waals surface area contributed by atoms with Crippen LogP contribution in [0.5, 0.6) is 0 Å². The van der Waals surface area contributed by atoms with Crippen LogP contribution in [0.2, 0.25) is 5.15 Å². The zero-order chi connectivity index (χ0) is 24.5. The van der Waals surface area contributed by atoms with Gasteiger partial charge in [0.2, 0.25) is 5.91 Å². The lowest BCUT2D eigenvalue weighted by atomic mass is 9.72. The lowest BCUT2D eigenvalue weighted by molar-refractivity contribution is -0.137. The largest absolute Gasteiger partial charge is 0.416 e. The number of anilines is 1. The van der Waals surface area contributed by atoms with Crippen molar-refractivity contribution in [1.82, 2.24) is 15.2 Å². The second-order valence-corrected chi connectivity index (χ2v) is 9.39. The predicted molar refractivity (Wildman–Crippen MR) is 123 cm³/mol. The summed E-state index contributed by atoms with van der Waals surface area (Å²) in [5.41, 5.74) is -0.528. The molecule has 2 fully saturated rings. The lowest BCUT2D eigenvalue weighted by Gasteiger charge is -2.42. The molecule has 34 heavy (non-hydrogen) atoms. The van der Waals surface area contributed by atoms with Crippen molar-refractivity contribution in [2.24, 2.45) is 0 Å². The number of likely N-dealkylation sites (tertiary alicyclic amines) is 1. The van der Waals surface area contributed by atoms with E-state index in [0.717, 1.165) is 37.2 Å². The highest BCUT2D eigenvalue weighted by atomic mass is 35.5. The number of carbonyl (C=O) groups is 1. The third-order valence-corrected chi connectivity index (χ3v) is 7.07. The number of alkyl halides is 3. The van der Waals surface area contributed by atoms with Crippen molar-refractivity contribution in [2.75, 3.05) is 38.1 Å². The fourth-order valence-electron chi connectivity index (χ4n) is 4.89. The van der Waals surface area contributed by atoms with Crippen molar-refractivity contribution in [3.63, 3.8) is 0 Å². The van der Waals surface area contributed by atoms with Gasteiger partial charge in [0.05, 0.1) is 22.2 Å². The summed E-state index contributed by atoms with van der Waals surface area (Å²) in [6, 6.07) is 8.63. The number of hydrogen-bond acceptors (Lipinski definition) is 5. The van der Waals surface area contributed by atoms with Crippen LogP contribution in [0.25, 0.3) is 0 Å². The van der Waals surface area contributed by atoms with E-state index < -0.39 is 17.2 Å². The van der Waals surface area contributed by atoms with Crippen LogP contribution >= 0.6 is 11.6 Å². The van der Waals surface area contributed by atoms with Crippen LogP contribution in [0, 0.1) is 11.3 Å². The van der Waals surface area contributed by atoms with Crippen molar-refractivity contribution in [2.45, 2.75) is 36.9 Å². The summed E-state index contributed by atoms with van der Waals surface area (Å²) in [6.07, 6.45) is -1.17. The summed E-state index contributed by atoms with van der Waals surface area (Å²) in [7, 11) is 2.01. The standard InChI is InChI=1S/C24H25ClF3N5O/c1-32-9-6-19(15-32)31-22(34)23(18-3-5-21(25)30-14-18)7-10-33(11-8-23)20-4-2-17(24(26,27)28)12-16(20)13-29/h2-5,12,14,19H,6-11,15H2,1H3,(H,31,34)/t19-/m0/s1. The number of hydrogen-bond donors (Lipinski definition) is 1. The number of nitriles is 1. The molecule has 0 spiro atoms. The summed E-state index contributed by atoms with van der Waals surface area (Å²) in [4.78, 5) is 21.8. The zero-order valence-electron chi connectivity index (χ0n) is 18.7. The fraction of sp³-hybridized carbons (Fsp3) is 0.458. The molecule has 10 heteroatoms. The van der Waals surface area contributed by atoms with E-state index in [1.807, 2.05) is 24.1 Å². The Morgan fingerprint density at radius 2 is 1.97 bits per heavy atom. The van der Waals surface area contributed by atoms with Crippen LogP contribution in [0.15, 0.2) is 36.5 Å². The SMILES string of the molecule is CN1CC[C@H](NC(=O)C2(c3ccc(Cl)nc3)CCN(c3ccc(C(F)(F)F)cc3C#N)CC2)C1. The molecule has 1 atom stereocenters. The molecular formula is C24H25ClF3N5O. The number of nitrogens with zero attached hydrogens (tertiary/aromatic N) is 4. The molecule has 0 saturated carbocycles. The van der Waals surface area contributed by atoms with Crippen LogP contribution in [0.3, 0.4) is 0 Å². The number of carbonyl (C=O) groups excluding carboxylic acids is 1. The zero-order valence-corrected chi connectivity index (χ0v) is 19.5. The number of benzene rings is 1. The molecule has 1 N–H and O–H groups in total. The van der Waals surface area contributed by atoms with E-state index in [1.165, 1.54) is 6.07 Å². The average Bonchev–Trinajstić information content (AvgIpc) is 3.23. The minimum atomic E-state index is -4.52. The molecule has 180 valence electrons. The van der Waals surface area contributed by atoms with Crippen molar-refractivity contribution in [3.8, 4) is 6.07 Å². The highest BCUT2D eigenvalue weighted by Gasteiger charge is 2.44. The third-order valence-electron chi connectivity index (χ3n) is 6.84. The second kappa shape index (κ2) is 9.43. The molecule has 6 nitrogen and oxygen atoms in total. The molecule has 0 bridgehead atoms. The van der Waals surface area contributed by atoms with Gasteiger partial charge in [-0.3, -0.25) is 4.79 Å².